The van der Waals surface area contributed by atoms with Crippen LogP contribution in [0.25, 0.3) is 0 Å². The van der Waals surface area contributed by atoms with Crippen molar-refractivity contribution in [1.29, 1.82) is 0 Å². The van der Waals surface area contributed by atoms with E-state index in [2.05, 4.69) is 4.98 Å². The Morgan fingerprint density at radius 3 is 2.75 bits per heavy atom. The van der Waals surface area contributed by atoms with E-state index in [1.807, 2.05) is 0 Å². The van der Waals surface area contributed by atoms with Gasteiger partial charge in [-0.2, -0.15) is 0 Å². The summed E-state index contributed by atoms with van der Waals surface area (Å²) in [5.74, 6) is -0.221. The van der Waals surface area contributed by atoms with Crippen LogP contribution in [0.2, 0.25) is 0 Å². The normalized spacial score (nSPS) is 14.8. The van der Waals surface area contributed by atoms with Crippen LogP contribution in [0.1, 0.15) is 23.3 Å². The van der Waals surface area contributed by atoms with Crippen molar-refractivity contribution in [2.75, 3.05) is 13.1 Å². The lowest BCUT2D eigenvalue weighted by molar-refractivity contribution is -0.129. The van der Waals surface area contributed by atoms with Crippen molar-refractivity contribution < 1.29 is 9.59 Å². The minimum atomic E-state index is -0.151. The SMILES string of the molecule is NCC(=O)N(CC(=O)c1ccc[nH]1)C1CC1. The first-order chi connectivity index (χ1) is 7.72. The fourth-order valence-electron chi connectivity index (χ4n) is 1.67. The molecule has 0 saturated heterocycles. The number of Topliss-reactive ketones (excluding diaryl/α,β-unsaturated/α-hetero) is 1. The largest absolute Gasteiger partial charge is 0.359 e. The fraction of sp³-hybridized carbons (Fsp3) is 0.455. The van der Waals surface area contributed by atoms with Crippen LogP contribution in [0.3, 0.4) is 0 Å². The summed E-state index contributed by atoms with van der Waals surface area (Å²) in [5.41, 5.74) is 5.86. The first-order valence-corrected chi connectivity index (χ1v) is 5.38. The third-order valence-electron chi connectivity index (χ3n) is 2.69. The summed E-state index contributed by atoms with van der Waals surface area (Å²) in [7, 11) is 0. The molecule has 5 heteroatoms. The maximum Gasteiger partial charge on any atom is 0.236 e. The summed E-state index contributed by atoms with van der Waals surface area (Å²) in [6, 6.07) is 3.69. The molecular weight excluding hydrogens is 206 g/mol. The van der Waals surface area contributed by atoms with Gasteiger partial charge in [-0.15, -0.1) is 0 Å². The third-order valence-corrected chi connectivity index (χ3v) is 2.69. The molecule has 1 aromatic heterocycles. The zero-order valence-corrected chi connectivity index (χ0v) is 8.98. The lowest BCUT2D eigenvalue weighted by Gasteiger charge is -2.20. The summed E-state index contributed by atoms with van der Waals surface area (Å²) in [4.78, 5) is 27.8. The minimum Gasteiger partial charge on any atom is -0.359 e. The molecule has 1 aliphatic rings. The van der Waals surface area contributed by atoms with Gasteiger partial charge in [-0.05, 0) is 25.0 Å². The molecule has 0 aliphatic heterocycles. The Bertz CT molecular complexity index is 382. The van der Waals surface area contributed by atoms with Gasteiger partial charge in [0.25, 0.3) is 0 Å². The van der Waals surface area contributed by atoms with Gasteiger partial charge in [0.15, 0.2) is 5.78 Å². The molecule has 1 aliphatic carbocycles. The van der Waals surface area contributed by atoms with Gasteiger partial charge in [0.1, 0.15) is 0 Å². The minimum absolute atomic E-state index is 0.0332. The molecule has 86 valence electrons. The van der Waals surface area contributed by atoms with Crippen LogP contribution >= 0.6 is 0 Å². The highest BCUT2D eigenvalue weighted by Gasteiger charge is 2.33. The predicted molar refractivity (Wildman–Crippen MR) is 58.9 cm³/mol. The number of carbonyl (C=O) groups is 2. The zero-order valence-electron chi connectivity index (χ0n) is 8.98. The van der Waals surface area contributed by atoms with Crippen molar-refractivity contribution >= 4 is 11.7 Å². The maximum atomic E-state index is 11.8. The topological polar surface area (TPSA) is 79.2 Å². The molecule has 0 bridgehead atoms. The van der Waals surface area contributed by atoms with Crippen molar-refractivity contribution in [2.45, 2.75) is 18.9 Å². The lowest BCUT2D eigenvalue weighted by atomic mass is 10.2. The van der Waals surface area contributed by atoms with Crippen LogP contribution in [-0.4, -0.2) is 40.7 Å². The first-order valence-electron chi connectivity index (χ1n) is 5.38. The third kappa shape index (κ3) is 2.30. The van der Waals surface area contributed by atoms with E-state index >= 15 is 0 Å². The molecule has 0 radical (unpaired) electrons. The number of rotatable bonds is 5. The first kappa shape index (κ1) is 10.9. The molecule has 5 nitrogen and oxygen atoms in total. The number of amides is 1. The Morgan fingerprint density at radius 2 is 2.25 bits per heavy atom. The van der Waals surface area contributed by atoms with Crippen LogP contribution in [0, 0.1) is 0 Å². The monoisotopic (exact) mass is 221 g/mol. The van der Waals surface area contributed by atoms with Gasteiger partial charge in [-0.3, -0.25) is 9.59 Å². The van der Waals surface area contributed by atoms with Crippen LogP contribution < -0.4 is 5.73 Å². The van der Waals surface area contributed by atoms with E-state index in [9.17, 15) is 9.59 Å². The second kappa shape index (κ2) is 4.49. The van der Waals surface area contributed by atoms with Crippen molar-refractivity contribution in [1.82, 2.24) is 9.88 Å². The molecule has 3 N–H and O–H groups in total. The number of nitrogens with one attached hydrogen (secondary N) is 1. The zero-order chi connectivity index (χ0) is 11.5. The smallest absolute Gasteiger partial charge is 0.236 e. The van der Waals surface area contributed by atoms with E-state index in [-0.39, 0.29) is 30.8 Å². The number of ketones is 1. The summed E-state index contributed by atoms with van der Waals surface area (Å²) in [6.07, 6.45) is 3.65. The van der Waals surface area contributed by atoms with Gasteiger partial charge >= 0.3 is 0 Å². The molecular formula is C11H15N3O2. The van der Waals surface area contributed by atoms with Gasteiger partial charge in [0.05, 0.1) is 18.8 Å². The number of hydrogen-bond acceptors (Lipinski definition) is 3. The van der Waals surface area contributed by atoms with E-state index in [4.69, 9.17) is 5.73 Å². The summed E-state index contributed by atoms with van der Waals surface area (Å²) >= 11 is 0. The molecule has 0 spiro atoms. The summed E-state index contributed by atoms with van der Waals surface area (Å²) in [5, 5.41) is 0. The van der Waals surface area contributed by atoms with Gasteiger partial charge in [0.2, 0.25) is 5.91 Å². The number of H-pyrrole nitrogens is 1. The van der Waals surface area contributed by atoms with Gasteiger partial charge < -0.3 is 15.6 Å². The van der Waals surface area contributed by atoms with Crippen LogP contribution in [0.15, 0.2) is 18.3 Å². The van der Waals surface area contributed by atoms with Crippen molar-refractivity contribution in [3.63, 3.8) is 0 Å². The van der Waals surface area contributed by atoms with E-state index in [0.29, 0.717) is 5.69 Å². The van der Waals surface area contributed by atoms with Gasteiger partial charge in [-0.25, -0.2) is 0 Å². The van der Waals surface area contributed by atoms with Gasteiger partial charge in [-0.1, -0.05) is 0 Å². The van der Waals surface area contributed by atoms with Crippen molar-refractivity contribution in [2.24, 2.45) is 5.73 Å². The molecule has 0 atom stereocenters. The average Bonchev–Trinajstić information content (AvgIpc) is 2.98. The van der Waals surface area contributed by atoms with Crippen molar-refractivity contribution in [3.8, 4) is 0 Å². The van der Waals surface area contributed by atoms with E-state index in [1.54, 1.807) is 23.2 Å². The lowest BCUT2D eigenvalue weighted by Crippen LogP contribution is -2.41. The number of carbonyl (C=O) groups excluding carboxylic acids is 2. The van der Waals surface area contributed by atoms with E-state index in [1.165, 1.54) is 0 Å². The van der Waals surface area contributed by atoms with Crippen LogP contribution in [0.5, 0.6) is 0 Å². The average molecular weight is 221 g/mol. The number of aromatic amines is 1. The molecule has 1 saturated carbocycles. The quantitative estimate of drug-likeness (QED) is 0.694. The Balaban J connectivity index is 2.00. The number of nitrogens with two attached hydrogens (primary N) is 1. The Morgan fingerprint density at radius 1 is 1.50 bits per heavy atom. The Labute approximate surface area is 93.6 Å². The second-order valence-electron chi connectivity index (χ2n) is 3.96. The fourth-order valence-corrected chi connectivity index (χ4v) is 1.67. The second-order valence-corrected chi connectivity index (χ2v) is 3.96. The highest BCUT2D eigenvalue weighted by atomic mass is 16.2. The predicted octanol–water partition coefficient (Wildman–Crippen LogP) is 0.147. The number of nitrogens with zero attached hydrogens (tertiary/aromatic N) is 1. The highest BCUT2D eigenvalue weighted by Crippen LogP contribution is 2.26. The standard InChI is InChI=1S/C11H15N3O2/c12-6-11(16)14(8-3-4-8)7-10(15)9-2-1-5-13-9/h1-2,5,8,13H,3-4,6-7,12H2. The number of aromatic nitrogens is 1. The highest BCUT2D eigenvalue weighted by molar-refractivity contribution is 5.98. The molecule has 16 heavy (non-hydrogen) atoms. The molecule has 1 fully saturated rings. The van der Waals surface area contributed by atoms with Crippen LogP contribution in [-0.2, 0) is 4.79 Å². The molecule has 2 rings (SSSR count). The van der Waals surface area contributed by atoms with E-state index in [0.717, 1.165) is 12.8 Å². The molecule has 1 amide bonds. The molecule has 1 aromatic rings. The molecule has 0 unspecified atom stereocenters. The summed E-state index contributed by atoms with van der Waals surface area (Å²) < 4.78 is 0. The van der Waals surface area contributed by atoms with Gasteiger partial charge in [0, 0.05) is 12.2 Å². The van der Waals surface area contributed by atoms with Crippen LogP contribution in [0.4, 0.5) is 0 Å². The maximum absolute atomic E-state index is 11.8. The molecule has 1 heterocycles. The Kier molecular flexibility index (Phi) is 3.05. The van der Waals surface area contributed by atoms with Crippen molar-refractivity contribution in [3.05, 3.63) is 24.0 Å². The Hall–Kier alpha value is -1.62. The summed E-state index contributed by atoms with van der Waals surface area (Å²) in [6.45, 7) is 0.0930. The van der Waals surface area contributed by atoms with E-state index < -0.39 is 0 Å². The molecule has 0 aromatic carbocycles. The number of hydrogen-bond donors (Lipinski definition) is 2.